The quantitative estimate of drug-likeness (QED) is 0.510. The van der Waals surface area contributed by atoms with Gasteiger partial charge < -0.3 is 15.5 Å². The predicted octanol–water partition coefficient (Wildman–Crippen LogP) is -0.746. The van der Waals surface area contributed by atoms with Gasteiger partial charge in [0, 0.05) is 6.54 Å². The summed E-state index contributed by atoms with van der Waals surface area (Å²) in [4.78, 5) is 10.9. The maximum absolute atomic E-state index is 10.9. The fraction of sp³-hybridized carbons (Fsp3) is 0.857. The summed E-state index contributed by atoms with van der Waals surface area (Å²) in [5, 5.41) is 20.3. The van der Waals surface area contributed by atoms with Gasteiger partial charge in [0.1, 0.15) is 5.60 Å². The van der Waals surface area contributed by atoms with Crippen molar-refractivity contribution in [2.75, 3.05) is 6.54 Å². The lowest BCUT2D eigenvalue weighted by Crippen LogP contribution is -2.44. The van der Waals surface area contributed by atoms with Crippen LogP contribution in [0.25, 0.3) is 0 Å². The third-order valence-electron chi connectivity index (χ3n) is 1.11. The number of carbonyl (C=O) groups is 1. The number of nitrogens with one attached hydrogen (secondary N) is 1. The minimum Gasteiger partial charge on any atom is -0.392 e. The van der Waals surface area contributed by atoms with Gasteiger partial charge in [-0.15, -0.1) is 0 Å². The van der Waals surface area contributed by atoms with Crippen molar-refractivity contribution in [1.29, 1.82) is 0 Å². The van der Waals surface area contributed by atoms with Gasteiger partial charge in [0.2, 0.25) is 0 Å². The standard InChI is InChI=1S/C7H15NO3/c1-5(9)4-8-6(10)7(2,3)11/h5,9,11H,4H2,1-3H3,(H,8,10)/t5-/m0/s1. The van der Waals surface area contributed by atoms with E-state index in [1.807, 2.05) is 0 Å². The fourth-order valence-electron chi connectivity index (χ4n) is 0.457. The zero-order chi connectivity index (χ0) is 9.07. The molecule has 1 atom stereocenters. The molecule has 0 saturated heterocycles. The second-order valence-corrected chi connectivity index (χ2v) is 3.12. The van der Waals surface area contributed by atoms with E-state index in [1.165, 1.54) is 13.8 Å². The molecule has 0 aliphatic rings. The normalized spacial score (nSPS) is 14.3. The number of carbonyl (C=O) groups excluding carboxylic acids is 1. The fourth-order valence-corrected chi connectivity index (χ4v) is 0.457. The lowest BCUT2D eigenvalue weighted by Gasteiger charge is -2.17. The molecular formula is C7H15NO3. The van der Waals surface area contributed by atoms with Crippen LogP contribution in [0.2, 0.25) is 0 Å². The summed E-state index contributed by atoms with van der Waals surface area (Å²) in [5.74, 6) is -0.474. The molecule has 66 valence electrons. The van der Waals surface area contributed by atoms with Gasteiger partial charge in [-0.25, -0.2) is 0 Å². The van der Waals surface area contributed by atoms with Gasteiger partial charge in [-0.3, -0.25) is 4.79 Å². The third kappa shape index (κ3) is 4.75. The van der Waals surface area contributed by atoms with Gasteiger partial charge in [-0.1, -0.05) is 0 Å². The van der Waals surface area contributed by atoms with E-state index in [2.05, 4.69) is 5.32 Å². The van der Waals surface area contributed by atoms with Gasteiger partial charge in [0.25, 0.3) is 5.91 Å². The molecule has 0 heterocycles. The second-order valence-electron chi connectivity index (χ2n) is 3.12. The van der Waals surface area contributed by atoms with E-state index in [0.29, 0.717) is 0 Å². The smallest absolute Gasteiger partial charge is 0.251 e. The van der Waals surface area contributed by atoms with E-state index in [1.54, 1.807) is 6.92 Å². The molecule has 11 heavy (non-hydrogen) atoms. The van der Waals surface area contributed by atoms with E-state index in [0.717, 1.165) is 0 Å². The van der Waals surface area contributed by atoms with Crippen LogP contribution < -0.4 is 5.32 Å². The van der Waals surface area contributed by atoms with E-state index >= 15 is 0 Å². The van der Waals surface area contributed by atoms with Crippen LogP contribution in [0.15, 0.2) is 0 Å². The largest absolute Gasteiger partial charge is 0.392 e. The Morgan fingerprint density at radius 2 is 2.09 bits per heavy atom. The Labute approximate surface area is 66.2 Å². The summed E-state index contributed by atoms with van der Waals surface area (Å²) in [7, 11) is 0. The van der Waals surface area contributed by atoms with E-state index in [-0.39, 0.29) is 6.54 Å². The average molecular weight is 161 g/mol. The summed E-state index contributed by atoms with van der Waals surface area (Å²) >= 11 is 0. The zero-order valence-electron chi connectivity index (χ0n) is 7.09. The lowest BCUT2D eigenvalue weighted by atomic mass is 10.1. The van der Waals surface area contributed by atoms with Gasteiger partial charge >= 0.3 is 0 Å². The Morgan fingerprint density at radius 3 is 2.36 bits per heavy atom. The summed E-state index contributed by atoms with van der Waals surface area (Å²) < 4.78 is 0. The molecule has 0 fully saturated rings. The Bertz CT molecular complexity index is 137. The average Bonchev–Trinajstić information content (AvgIpc) is 1.80. The number of aliphatic hydroxyl groups is 2. The number of hydrogen-bond acceptors (Lipinski definition) is 3. The topological polar surface area (TPSA) is 69.6 Å². The van der Waals surface area contributed by atoms with Crippen LogP contribution in [0.3, 0.4) is 0 Å². The van der Waals surface area contributed by atoms with Crippen molar-refractivity contribution in [3.8, 4) is 0 Å². The number of hydrogen-bond donors (Lipinski definition) is 3. The molecule has 0 aromatic heterocycles. The van der Waals surface area contributed by atoms with Crippen LogP contribution in [-0.4, -0.2) is 34.4 Å². The summed E-state index contributed by atoms with van der Waals surface area (Å²) in [6, 6.07) is 0. The molecule has 1 amide bonds. The van der Waals surface area contributed by atoms with Crippen molar-refractivity contribution in [1.82, 2.24) is 5.32 Å². The second kappa shape index (κ2) is 3.69. The van der Waals surface area contributed by atoms with Crippen LogP contribution in [-0.2, 0) is 4.79 Å². The molecule has 3 N–H and O–H groups in total. The van der Waals surface area contributed by atoms with Crippen LogP contribution >= 0.6 is 0 Å². The number of rotatable bonds is 3. The van der Waals surface area contributed by atoms with Crippen molar-refractivity contribution in [2.24, 2.45) is 0 Å². The zero-order valence-corrected chi connectivity index (χ0v) is 7.09. The van der Waals surface area contributed by atoms with Crippen LogP contribution in [0.5, 0.6) is 0 Å². The van der Waals surface area contributed by atoms with Gasteiger partial charge in [-0.05, 0) is 20.8 Å². The number of amides is 1. The highest BCUT2D eigenvalue weighted by Crippen LogP contribution is 1.99. The molecule has 0 radical (unpaired) electrons. The highest BCUT2D eigenvalue weighted by atomic mass is 16.3. The maximum atomic E-state index is 10.9. The molecule has 0 bridgehead atoms. The van der Waals surface area contributed by atoms with Crippen LogP contribution in [0.4, 0.5) is 0 Å². The first kappa shape index (κ1) is 10.4. The first-order valence-corrected chi connectivity index (χ1v) is 3.53. The van der Waals surface area contributed by atoms with E-state index in [9.17, 15) is 4.79 Å². The Kier molecular flexibility index (Phi) is 3.48. The highest BCUT2D eigenvalue weighted by Gasteiger charge is 2.23. The van der Waals surface area contributed by atoms with E-state index in [4.69, 9.17) is 10.2 Å². The molecule has 0 aromatic carbocycles. The van der Waals surface area contributed by atoms with E-state index < -0.39 is 17.6 Å². The molecule has 0 aliphatic carbocycles. The number of aliphatic hydroxyl groups excluding tert-OH is 1. The summed E-state index contributed by atoms with van der Waals surface area (Å²) in [5.41, 5.74) is -1.37. The molecule has 0 aliphatic heterocycles. The van der Waals surface area contributed by atoms with Gasteiger partial charge in [0.05, 0.1) is 6.10 Å². The van der Waals surface area contributed by atoms with Crippen molar-refractivity contribution < 1.29 is 15.0 Å². The SMILES string of the molecule is C[C@H](O)CNC(=O)C(C)(C)O. The van der Waals surface area contributed by atoms with Crippen molar-refractivity contribution in [3.05, 3.63) is 0 Å². The summed E-state index contributed by atoms with van der Waals surface area (Å²) in [6.45, 7) is 4.52. The third-order valence-corrected chi connectivity index (χ3v) is 1.11. The predicted molar refractivity (Wildman–Crippen MR) is 41.0 cm³/mol. The Morgan fingerprint density at radius 1 is 1.64 bits per heavy atom. The van der Waals surface area contributed by atoms with Crippen LogP contribution in [0, 0.1) is 0 Å². The highest BCUT2D eigenvalue weighted by molar-refractivity contribution is 5.83. The Balaban J connectivity index is 3.71. The van der Waals surface area contributed by atoms with Crippen LogP contribution in [0.1, 0.15) is 20.8 Å². The first-order chi connectivity index (χ1) is 4.84. The molecular weight excluding hydrogens is 146 g/mol. The monoisotopic (exact) mass is 161 g/mol. The molecule has 0 rings (SSSR count). The molecule has 0 spiro atoms. The minimum absolute atomic E-state index is 0.169. The molecule has 0 saturated carbocycles. The first-order valence-electron chi connectivity index (χ1n) is 3.53. The maximum Gasteiger partial charge on any atom is 0.251 e. The van der Waals surface area contributed by atoms with Crippen molar-refractivity contribution >= 4 is 5.91 Å². The van der Waals surface area contributed by atoms with Gasteiger partial charge in [-0.2, -0.15) is 0 Å². The molecule has 4 heteroatoms. The van der Waals surface area contributed by atoms with Crippen molar-refractivity contribution in [3.63, 3.8) is 0 Å². The minimum atomic E-state index is -1.37. The van der Waals surface area contributed by atoms with Gasteiger partial charge in [0.15, 0.2) is 0 Å². The summed E-state index contributed by atoms with van der Waals surface area (Å²) in [6.07, 6.45) is -0.582. The molecule has 4 nitrogen and oxygen atoms in total. The molecule has 0 aromatic rings. The lowest BCUT2D eigenvalue weighted by molar-refractivity contribution is -0.136. The van der Waals surface area contributed by atoms with Crippen molar-refractivity contribution in [2.45, 2.75) is 32.5 Å². The Hall–Kier alpha value is -0.610. The molecule has 0 unspecified atom stereocenters.